The lowest BCUT2D eigenvalue weighted by molar-refractivity contribution is -0.385. The van der Waals surface area contributed by atoms with Crippen LogP contribution in [0.4, 0.5) is 10.7 Å². The average molecular weight is 450 g/mol. The molecule has 2 aromatic carbocycles. The van der Waals surface area contributed by atoms with Crippen LogP contribution in [-0.4, -0.2) is 34.7 Å². The molecule has 0 spiro atoms. The molecular formula is C24H23N3O4S. The lowest BCUT2D eigenvalue weighted by Gasteiger charge is -2.27. The van der Waals surface area contributed by atoms with Crippen LogP contribution in [0, 0.1) is 17.0 Å². The summed E-state index contributed by atoms with van der Waals surface area (Å²) in [7, 11) is 0. The number of thiophene rings is 1. The SMILES string of the molecule is Cc1c(-c2ccccc2)sc(NC(=O)c2ccccc2[N+](=O)[O-])c1C(=O)N1CCCCC1. The van der Waals surface area contributed by atoms with E-state index in [-0.39, 0.29) is 17.2 Å². The maximum absolute atomic E-state index is 13.5. The number of carbonyl (C=O) groups is 2. The van der Waals surface area contributed by atoms with Gasteiger partial charge in [-0.1, -0.05) is 42.5 Å². The van der Waals surface area contributed by atoms with E-state index in [4.69, 9.17) is 0 Å². The topological polar surface area (TPSA) is 92.5 Å². The lowest BCUT2D eigenvalue weighted by Crippen LogP contribution is -2.36. The van der Waals surface area contributed by atoms with Crippen LogP contribution in [0.2, 0.25) is 0 Å². The molecule has 4 rings (SSSR count). The highest BCUT2D eigenvalue weighted by molar-refractivity contribution is 7.20. The van der Waals surface area contributed by atoms with Gasteiger partial charge in [-0.15, -0.1) is 11.3 Å². The number of hydrogen-bond acceptors (Lipinski definition) is 5. The Kier molecular flexibility index (Phi) is 6.32. The molecule has 0 saturated carbocycles. The summed E-state index contributed by atoms with van der Waals surface area (Å²) in [6.45, 7) is 3.26. The van der Waals surface area contributed by atoms with E-state index in [9.17, 15) is 19.7 Å². The first kappa shape index (κ1) is 21.7. The van der Waals surface area contributed by atoms with Gasteiger partial charge in [0.15, 0.2) is 0 Å². The molecule has 0 aliphatic carbocycles. The number of nitro benzene ring substituents is 1. The van der Waals surface area contributed by atoms with Crippen LogP contribution in [0.5, 0.6) is 0 Å². The zero-order chi connectivity index (χ0) is 22.7. The Labute approximate surface area is 189 Å². The molecule has 32 heavy (non-hydrogen) atoms. The fourth-order valence-electron chi connectivity index (χ4n) is 3.97. The lowest BCUT2D eigenvalue weighted by atomic mass is 10.0. The summed E-state index contributed by atoms with van der Waals surface area (Å²) >= 11 is 1.32. The Balaban J connectivity index is 1.76. The average Bonchev–Trinajstić information content (AvgIpc) is 3.15. The van der Waals surface area contributed by atoms with Gasteiger partial charge < -0.3 is 10.2 Å². The molecule has 1 fully saturated rings. The Morgan fingerprint density at radius 1 is 1.00 bits per heavy atom. The van der Waals surface area contributed by atoms with E-state index < -0.39 is 10.8 Å². The van der Waals surface area contributed by atoms with E-state index >= 15 is 0 Å². The number of para-hydroxylation sites is 1. The van der Waals surface area contributed by atoms with Crippen LogP contribution in [-0.2, 0) is 0 Å². The zero-order valence-electron chi connectivity index (χ0n) is 17.7. The van der Waals surface area contributed by atoms with Gasteiger partial charge >= 0.3 is 0 Å². The molecule has 0 unspecified atom stereocenters. The quantitative estimate of drug-likeness (QED) is 0.411. The van der Waals surface area contributed by atoms with Crippen molar-refractivity contribution in [3.8, 4) is 10.4 Å². The molecule has 1 aliphatic rings. The smallest absolute Gasteiger partial charge is 0.282 e. The molecule has 1 N–H and O–H groups in total. The summed E-state index contributed by atoms with van der Waals surface area (Å²) in [5, 5.41) is 14.6. The van der Waals surface area contributed by atoms with Crippen molar-refractivity contribution in [3.05, 3.63) is 81.4 Å². The Morgan fingerprint density at radius 3 is 2.34 bits per heavy atom. The maximum atomic E-state index is 13.5. The molecule has 164 valence electrons. The number of benzene rings is 2. The minimum Gasteiger partial charge on any atom is -0.339 e. The minimum absolute atomic E-state index is 0.0406. The van der Waals surface area contributed by atoms with Crippen molar-refractivity contribution in [3.63, 3.8) is 0 Å². The minimum atomic E-state index is -0.606. The molecule has 0 bridgehead atoms. The highest BCUT2D eigenvalue weighted by atomic mass is 32.1. The van der Waals surface area contributed by atoms with Crippen LogP contribution in [0.15, 0.2) is 54.6 Å². The van der Waals surface area contributed by atoms with Crippen molar-refractivity contribution < 1.29 is 14.5 Å². The third-order valence-corrected chi connectivity index (χ3v) is 6.87. The van der Waals surface area contributed by atoms with Gasteiger partial charge in [0.2, 0.25) is 0 Å². The van der Waals surface area contributed by atoms with E-state index in [1.54, 1.807) is 6.07 Å². The number of nitro groups is 1. The maximum Gasteiger partial charge on any atom is 0.282 e. The number of piperidine rings is 1. The van der Waals surface area contributed by atoms with Crippen molar-refractivity contribution in [1.82, 2.24) is 4.90 Å². The largest absolute Gasteiger partial charge is 0.339 e. The molecule has 0 atom stereocenters. The van der Waals surface area contributed by atoms with Crippen molar-refractivity contribution in [2.75, 3.05) is 18.4 Å². The van der Waals surface area contributed by atoms with E-state index in [2.05, 4.69) is 5.32 Å². The predicted octanol–water partition coefficient (Wildman–Crippen LogP) is 5.51. The molecule has 8 heteroatoms. The van der Waals surface area contributed by atoms with Crippen molar-refractivity contribution >= 4 is 33.8 Å². The molecule has 1 aromatic heterocycles. The number of hydrogen-bond donors (Lipinski definition) is 1. The van der Waals surface area contributed by atoms with Crippen molar-refractivity contribution in [2.24, 2.45) is 0 Å². The van der Waals surface area contributed by atoms with Gasteiger partial charge in [0.05, 0.1) is 10.5 Å². The number of likely N-dealkylation sites (tertiary alicyclic amines) is 1. The summed E-state index contributed by atoms with van der Waals surface area (Å²) < 4.78 is 0. The molecular weight excluding hydrogens is 426 g/mol. The van der Waals surface area contributed by atoms with Gasteiger partial charge in [0, 0.05) is 24.0 Å². The second kappa shape index (κ2) is 9.32. The normalized spacial score (nSPS) is 13.6. The van der Waals surface area contributed by atoms with Gasteiger partial charge in [0.1, 0.15) is 10.6 Å². The zero-order valence-corrected chi connectivity index (χ0v) is 18.5. The molecule has 2 heterocycles. The van der Waals surface area contributed by atoms with E-state index in [0.29, 0.717) is 23.7 Å². The predicted molar refractivity (Wildman–Crippen MR) is 125 cm³/mol. The number of nitrogens with one attached hydrogen (secondary N) is 1. The van der Waals surface area contributed by atoms with Crippen LogP contribution >= 0.6 is 11.3 Å². The third-order valence-electron chi connectivity index (χ3n) is 5.61. The monoisotopic (exact) mass is 449 g/mol. The highest BCUT2D eigenvalue weighted by Crippen LogP contribution is 2.41. The van der Waals surface area contributed by atoms with Crippen LogP contribution in [0.1, 0.15) is 45.5 Å². The number of amides is 2. The second-order valence-electron chi connectivity index (χ2n) is 7.71. The highest BCUT2D eigenvalue weighted by Gasteiger charge is 2.29. The summed E-state index contributed by atoms with van der Waals surface area (Å²) in [6.07, 6.45) is 3.01. The van der Waals surface area contributed by atoms with Crippen LogP contribution in [0.3, 0.4) is 0 Å². The van der Waals surface area contributed by atoms with Gasteiger partial charge in [0.25, 0.3) is 17.5 Å². The molecule has 1 saturated heterocycles. The molecule has 3 aromatic rings. The second-order valence-corrected chi connectivity index (χ2v) is 8.73. The molecule has 7 nitrogen and oxygen atoms in total. The van der Waals surface area contributed by atoms with E-state index in [1.807, 2.05) is 42.2 Å². The third kappa shape index (κ3) is 4.27. The fourth-order valence-corrected chi connectivity index (χ4v) is 5.17. The van der Waals surface area contributed by atoms with Gasteiger partial charge in [-0.3, -0.25) is 19.7 Å². The first-order chi connectivity index (χ1) is 15.5. The van der Waals surface area contributed by atoms with Crippen molar-refractivity contribution in [2.45, 2.75) is 26.2 Å². The van der Waals surface area contributed by atoms with E-state index in [0.717, 1.165) is 35.3 Å². The molecule has 2 amide bonds. The van der Waals surface area contributed by atoms with Crippen LogP contribution in [0.25, 0.3) is 10.4 Å². The summed E-state index contributed by atoms with van der Waals surface area (Å²) in [5.41, 5.74) is 1.90. The molecule has 1 aliphatic heterocycles. The van der Waals surface area contributed by atoms with E-state index in [1.165, 1.54) is 29.5 Å². The van der Waals surface area contributed by atoms with Gasteiger partial charge in [-0.05, 0) is 43.4 Å². The first-order valence-electron chi connectivity index (χ1n) is 10.5. The number of anilines is 1. The number of rotatable bonds is 5. The summed E-state index contributed by atoms with van der Waals surface area (Å²) in [4.78, 5) is 40.0. The number of carbonyl (C=O) groups excluding carboxylic acids is 2. The van der Waals surface area contributed by atoms with Crippen molar-refractivity contribution in [1.29, 1.82) is 0 Å². The Bertz CT molecular complexity index is 1170. The Morgan fingerprint density at radius 2 is 1.66 bits per heavy atom. The Hall–Kier alpha value is -3.52. The van der Waals surface area contributed by atoms with Crippen LogP contribution < -0.4 is 5.32 Å². The van der Waals surface area contributed by atoms with Gasteiger partial charge in [-0.2, -0.15) is 0 Å². The summed E-state index contributed by atoms with van der Waals surface area (Å²) in [6, 6.07) is 15.5. The van der Waals surface area contributed by atoms with Gasteiger partial charge in [-0.25, -0.2) is 0 Å². The standard InChI is InChI=1S/C24H23N3O4S/c1-16-20(24(29)26-14-8-3-9-15-26)23(32-21(16)17-10-4-2-5-11-17)25-22(28)18-12-6-7-13-19(18)27(30)31/h2,4-7,10-13H,3,8-9,14-15H2,1H3,(H,25,28). The summed E-state index contributed by atoms with van der Waals surface area (Å²) in [5.74, 6) is -0.718. The number of nitrogens with zero attached hydrogens (tertiary/aromatic N) is 2. The fraction of sp³-hybridized carbons (Fsp3) is 0.250. The first-order valence-corrected chi connectivity index (χ1v) is 11.3. The molecule has 0 radical (unpaired) electrons.